The van der Waals surface area contributed by atoms with E-state index in [1.165, 1.54) is 6.42 Å². The molecule has 34 heavy (non-hydrogen) atoms. The molecule has 0 aromatic heterocycles. The molecule has 0 aliphatic carbocycles. The highest BCUT2D eigenvalue weighted by molar-refractivity contribution is 7.47. The average Bonchev–Trinajstić information content (AvgIpc) is 2.75. The molecule has 9 nitrogen and oxygen atoms in total. The Morgan fingerprint density at radius 1 is 0.912 bits per heavy atom. The van der Waals surface area contributed by atoms with Crippen LogP contribution in [-0.4, -0.2) is 74.9 Å². The molecule has 0 aliphatic rings. The summed E-state index contributed by atoms with van der Waals surface area (Å²) in [5, 5.41) is 0. The Kier molecular flexibility index (Phi) is 18.3. The van der Waals surface area contributed by atoms with Crippen LogP contribution in [0.3, 0.4) is 0 Å². The number of hydrogen-bond acceptors (Lipinski definition) is 7. The molecule has 10 heteroatoms. The second kappa shape index (κ2) is 19.0. The number of esters is 2. The van der Waals surface area contributed by atoms with E-state index < -0.39 is 32.5 Å². The topological polar surface area (TPSA) is 108 Å². The van der Waals surface area contributed by atoms with Crippen LogP contribution in [0.1, 0.15) is 78.1 Å². The van der Waals surface area contributed by atoms with Gasteiger partial charge in [0.15, 0.2) is 6.10 Å². The number of unbranched alkanes of at least 4 members (excludes halogenated alkanes) is 6. The summed E-state index contributed by atoms with van der Waals surface area (Å²) in [6.07, 6.45) is 12.2. The molecule has 0 rings (SSSR count). The SMILES string of the molecule is CCC/C=C/CCCCCCCC(=O)O[C@@H](COC(=O)CC)COP(=O)(O)OCC[N+](C)(C)C. The third kappa shape index (κ3) is 21.3. The fourth-order valence-electron chi connectivity index (χ4n) is 2.76. The van der Waals surface area contributed by atoms with Crippen LogP contribution < -0.4 is 0 Å². The highest BCUT2D eigenvalue weighted by Crippen LogP contribution is 2.43. The van der Waals surface area contributed by atoms with E-state index in [-0.39, 0.29) is 26.1 Å². The van der Waals surface area contributed by atoms with Crippen molar-refractivity contribution in [1.82, 2.24) is 0 Å². The molecular formula is C24H47NO8P+. The molecule has 0 saturated carbocycles. The van der Waals surface area contributed by atoms with Gasteiger partial charge in [-0.1, -0.05) is 51.7 Å². The van der Waals surface area contributed by atoms with Crippen LogP contribution >= 0.6 is 7.82 Å². The number of hydrogen-bond donors (Lipinski definition) is 1. The van der Waals surface area contributed by atoms with E-state index >= 15 is 0 Å². The highest BCUT2D eigenvalue weighted by atomic mass is 31.2. The van der Waals surface area contributed by atoms with Crippen LogP contribution in [0.2, 0.25) is 0 Å². The molecule has 0 amide bonds. The minimum atomic E-state index is -4.32. The molecule has 0 aromatic carbocycles. The number of phosphoric ester groups is 1. The van der Waals surface area contributed by atoms with E-state index in [0.717, 1.165) is 38.5 Å². The summed E-state index contributed by atoms with van der Waals surface area (Å²) in [6.45, 7) is 3.69. The molecule has 0 aliphatic heterocycles. The Labute approximate surface area is 206 Å². The normalized spacial score (nSPS) is 14.6. The molecule has 0 spiro atoms. The number of ether oxygens (including phenoxy) is 2. The summed E-state index contributed by atoms with van der Waals surface area (Å²) in [7, 11) is 1.46. The average molecular weight is 509 g/mol. The predicted octanol–water partition coefficient (Wildman–Crippen LogP) is 4.78. The zero-order valence-electron chi connectivity index (χ0n) is 21.8. The lowest BCUT2D eigenvalue weighted by atomic mass is 10.1. The minimum absolute atomic E-state index is 0.0293. The summed E-state index contributed by atoms with van der Waals surface area (Å²) in [4.78, 5) is 33.6. The van der Waals surface area contributed by atoms with E-state index in [1.54, 1.807) is 6.92 Å². The molecule has 0 saturated heterocycles. The van der Waals surface area contributed by atoms with Crippen LogP contribution in [-0.2, 0) is 32.7 Å². The number of nitrogens with zero attached hydrogens (tertiary/aromatic N) is 1. The Morgan fingerprint density at radius 2 is 1.56 bits per heavy atom. The first-order valence-corrected chi connectivity index (χ1v) is 13.9. The number of rotatable bonds is 21. The van der Waals surface area contributed by atoms with Crippen molar-refractivity contribution in [2.45, 2.75) is 84.2 Å². The third-order valence-corrected chi connectivity index (χ3v) is 5.82. The van der Waals surface area contributed by atoms with Crippen molar-refractivity contribution in [3.8, 4) is 0 Å². The van der Waals surface area contributed by atoms with Gasteiger partial charge in [0.2, 0.25) is 0 Å². The Hall–Kier alpha value is -1.25. The smallest absolute Gasteiger partial charge is 0.462 e. The van der Waals surface area contributed by atoms with Gasteiger partial charge in [0.1, 0.15) is 19.8 Å². The maximum Gasteiger partial charge on any atom is 0.472 e. The second-order valence-electron chi connectivity index (χ2n) is 9.33. The first-order valence-electron chi connectivity index (χ1n) is 12.4. The van der Waals surface area contributed by atoms with Crippen molar-refractivity contribution < 1.29 is 42.1 Å². The van der Waals surface area contributed by atoms with Crippen LogP contribution in [0.5, 0.6) is 0 Å². The lowest BCUT2D eigenvalue weighted by Gasteiger charge is -2.24. The van der Waals surface area contributed by atoms with E-state index in [1.807, 2.05) is 21.1 Å². The second-order valence-corrected chi connectivity index (χ2v) is 10.8. The first-order chi connectivity index (χ1) is 16.0. The lowest BCUT2D eigenvalue weighted by molar-refractivity contribution is -0.870. The number of allylic oxidation sites excluding steroid dienone is 2. The van der Waals surface area contributed by atoms with Crippen molar-refractivity contribution in [2.75, 3.05) is 47.5 Å². The monoisotopic (exact) mass is 508 g/mol. The summed E-state index contributed by atoms with van der Waals surface area (Å²) in [5.74, 6) is -0.917. The van der Waals surface area contributed by atoms with Gasteiger partial charge in [-0.05, 0) is 25.7 Å². The van der Waals surface area contributed by atoms with Gasteiger partial charge in [0, 0.05) is 12.8 Å². The molecular weight excluding hydrogens is 461 g/mol. The zero-order chi connectivity index (χ0) is 25.9. The minimum Gasteiger partial charge on any atom is -0.462 e. The summed E-state index contributed by atoms with van der Waals surface area (Å²) in [6, 6.07) is 0. The van der Waals surface area contributed by atoms with Crippen molar-refractivity contribution in [3.05, 3.63) is 12.2 Å². The molecule has 2 atom stereocenters. The molecule has 200 valence electrons. The van der Waals surface area contributed by atoms with Crippen LogP contribution in [0.4, 0.5) is 0 Å². The molecule has 0 fully saturated rings. The molecule has 0 radical (unpaired) electrons. The van der Waals surface area contributed by atoms with E-state index in [9.17, 15) is 19.0 Å². The highest BCUT2D eigenvalue weighted by Gasteiger charge is 2.26. The lowest BCUT2D eigenvalue weighted by Crippen LogP contribution is -2.37. The van der Waals surface area contributed by atoms with Crippen molar-refractivity contribution in [1.29, 1.82) is 0 Å². The van der Waals surface area contributed by atoms with Gasteiger partial charge in [0.05, 0.1) is 27.7 Å². The number of quaternary nitrogens is 1. The summed E-state index contributed by atoms with van der Waals surface area (Å²) >= 11 is 0. The van der Waals surface area contributed by atoms with Crippen LogP contribution in [0.25, 0.3) is 0 Å². The van der Waals surface area contributed by atoms with Gasteiger partial charge in [-0.15, -0.1) is 0 Å². The number of carbonyl (C=O) groups is 2. The van der Waals surface area contributed by atoms with Gasteiger partial charge in [-0.2, -0.15) is 0 Å². The van der Waals surface area contributed by atoms with E-state index in [0.29, 0.717) is 17.4 Å². The molecule has 0 aromatic rings. The number of carbonyl (C=O) groups excluding carboxylic acids is 2. The van der Waals surface area contributed by atoms with E-state index in [2.05, 4.69) is 19.1 Å². The zero-order valence-corrected chi connectivity index (χ0v) is 22.7. The largest absolute Gasteiger partial charge is 0.472 e. The van der Waals surface area contributed by atoms with Gasteiger partial charge < -0.3 is 18.9 Å². The number of likely N-dealkylation sites (N-methyl/N-ethyl adjacent to an activating group) is 1. The fraction of sp³-hybridized carbons (Fsp3) is 0.833. The van der Waals surface area contributed by atoms with Crippen molar-refractivity contribution >= 4 is 19.8 Å². The van der Waals surface area contributed by atoms with Crippen LogP contribution in [0.15, 0.2) is 12.2 Å². The Balaban J connectivity index is 4.36. The molecule has 1 N–H and O–H groups in total. The Bertz CT molecular complexity index is 633. The van der Waals surface area contributed by atoms with Crippen LogP contribution in [0, 0.1) is 0 Å². The standard InChI is InChI=1S/C24H46NO8P/c1-6-8-9-10-11-12-13-14-15-16-17-24(27)33-22(20-30-23(26)7-2)21-32-34(28,29)31-19-18-25(3,4)5/h9-10,22H,6-8,11-21H2,1-5H3/p+1/b10-9+/t22-/m0/s1. The summed E-state index contributed by atoms with van der Waals surface area (Å²) in [5.41, 5.74) is 0. The molecule has 1 unspecified atom stereocenters. The quantitative estimate of drug-likeness (QED) is 0.0776. The molecule has 0 heterocycles. The van der Waals surface area contributed by atoms with Gasteiger partial charge in [0.25, 0.3) is 0 Å². The number of phosphoric acid groups is 1. The molecule has 0 bridgehead atoms. The van der Waals surface area contributed by atoms with Crippen molar-refractivity contribution in [3.63, 3.8) is 0 Å². The van der Waals surface area contributed by atoms with Gasteiger partial charge in [-0.25, -0.2) is 4.57 Å². The predicted molar refractivity (Wildman–Crippen MR) is 132 cm³/mol. The first kappa shape index (κ1) is 32.8. The maximum absolute atomic E-state index is 12.2. The fourth-order valence-corrected chi connectivity index (χ4v) is 3.50. The van der Waals surface area contributed by atoms with E-state index in [4.69, 9.17) is 18.5 Å². The van der Waals surface area contributed by atoms with Crippen molar-refractivity contribution in [2.24, 2.45) is 0 Å². The van der Waals surface area contributed by atoms with Gasteiger partial charge >= 0.3 is 19.8 Å². The van der Waals surface area contributed by atoms with Gasteiger partial charge in [-0.3, -0.25) is 18.6 Å². The Morgan fingerprint density at radius 3 is 2.21 bits per heavy atom. The summed E-state index contributed by atoms with van der Waals surface area (Å²) < 4.78 is 33.0. The third-order valence-electron chi connectivity index (χ3n) is 4.83. The maximum atomic E-state index is 12.2.